The lowest BCUT2D eigenvalue weighted by Crippen LogP contribution is -2.76. The van der Waals surface area contributed by atoms with Crippen LogP contribution in [0, 0.1) is 34.5 Å². The molecule has 5 fully saturated rings. The van der Waals surface area contributed by atoms with Crippen LogP contribution in [0.25, 0.3) is 0 Å². The van der Waals surface area contributed by atoms with Crippen LogP contribution in [0.3, 0.4) is 0 Å². The molecule has 13 atom stereocenters. The van der Waals surface area contributed by atoms with E-state index in [2.05, 4.69) is 17.9 Å². The van der Waals surface area contributed by atoms with Gasteiger partial charge >= 0.3 is 5.97 Å². The fraction of sp³-hybridized carbons (Fsp3) is 0.735. The summed E-state index contributed by atoms with van der Waals surface area (Å²) in [5.74, 6) is -0.235. The van der Waals surface area contributed by atoms with Crippen LogP contribution in [-0.2, 0) is 23.7 Å². The molecule has 5 aliphatic carbocycles. The van der Waals surface area contributed by atoms with Crippen molar-refractivity contribution in [2.45, 2.75) is 61.9 Å². The van der Waals surface area contributed by atoms with Gasteiger partial charge in [-0.05, 0) is 37.1 Å². The summed E-state index contributed by atoms with van der Waals surface area (Å²) in [6.07, 6.45) is 0.141. The molecular weight excluding hydrogens is 582 g/mol. The average molecular weight is 630 g/mol. The van der Waals surface area contributed by atoms with Crippen LogP contribution in [-0.4, -0.2) is 126 Å². The monoisotopic (exact) mass is 629 g/mol. The normalized spacial score (nSPS) is 45.7. The summed E-state index contributed by atoms with van der Waals surface area (Å²) in [6.45, 7) is 4.00. The topological polar surface area (TPSA) is 125 Å². The fourth-order valence-corrected chi connectivity index (χ4v) is 11.6. The van der Waals surface area contributed by atoms with Crippen molar-refractivity contribution in [1.29, 1.82) is 0 Å². The number of esters is 1. The zero-order valence-corrected chi connectivity index (χ0v) is 27.2. The van der Waals surface area contributed by atoms with Crippen molar-refractivity contribution >= 4 is 5.97 Å². The lowest BCUT2D eigenvalue weighted by molar-refractivity contribution is -0.275. The summed E-state index contributed by atoms with van der Waals surface area (Å²) in [6, 6.07) is 4.96. The minimum atomic E-state index is -1.47. The van der Waals surface area contributed by atoms with Gasteiger partial charge in [0.15, 0.2) is 11.5 Å². The number of benzene rings is 1. The van der Waals surface area contributed by atoms with Crippen LogP contribution in [0.5, 0.6) is 11.5 Å². The van der Waals surface area contributed by atoms with E-state index in [4.69, 9.17) is 33.2 Å². The van der Waals surface area contributed by atoms with Gasteiger partial charge in [-0.1, -0.05) is 18.6 Å². The molecule has 0 radical (unpaired) electrons. The van der Waals surface area contributed by atoms with Crippen LogP contribution >= 0.6 is 0 Å². The van der Waals surface area contributed by atoms with Crippen molar-refractivity contribution in [1.82, 2.24) is 4.90 Å². The Morgan fingerprint density at radius 3 is 2.40 bits per heavy atom. The number of nitrogens with zero attached hydrogens (tertiary/aromatic N) is 1. The van der Waals surface area contributed by atoms with Gasteiger partial charge in [0, 0.05) is 76.0 Å². The highest BCUT2D eigenvalue weighted by Crippen LogP contribution is 2.78. The number of likely N-dealkylation sites (tertiary alicyclic amines) is 1. The minimum absolute atomic E-state index is 0.0486. The summed E-state index contributed by atoms with van der Waals surface area (Å²) >= 11 is 0. The molecule has 1 aliphatic heterocycles. The molecule has 248 valence electrons. The second-order valence-corrected chi connectivity index (χ2v) is 13.9. The fourth-order valence-electron chi connectivity index (χ4n) is 11.6. The van der Waals surface area contributed by atoms with E-state index < -0.39 is 40.7 Å². The molecule has 11 nitrogen and oxygen atoms in total. The van der Waals surface area contributed by atoms with Gasteiger partial charge in [-0.25, -0.2) is 4.79 Å². The summed E-state index contributed by atoms with van der Waals surface area (Å²) < 4.78 is 42.0. The van der Waals surface area contributed by atoms with Crippen LogP contribution in [0.15, 0.2) is 29.8 Å². The Balaban J connectivity index is 1.39. The minimum Gasteiger partial charge on any atom is -0.493 e. The predicted octanol–water partition coefficient (Wildman–Crippen LogP) is 1.93. The van der Waals surface area contributed by atoms with Gasteiger partial charge in [0.2, 0.25) is 0 Å². The molecule has 4 saturated carbocycles. The maximum absolute atomic E-state index is 13.9. The third kappa shape index (κ3) is 3.74. The third-order valence-electron chi connectivity index (χ3n) is 12.8. The van der Waals surface area contributed by atoms with Gasteiger partial charge < -0.3 is 43.4 Å². The van der Waals surface area contributed by atoms with Crippen molar-refractivity contribution in [3.8, 4) is 11.5 Å². The van der Waals surface area contributed by atoms with Crippen molar-refractivity contribution in [3.05, 3.63) is 35.4 Å². The van der Waals surface area contributed by atoms with Gasteiger partial charge in [-0.2, -0.15) is 0 Å². The van der Waals surface area contributed by atoms with Gasteiger partial charge in [-0.15, -0.1) is 0 Å². The molecule has 1 saturated heterocycles. The Hall–Kier alpha value is -2.25. The Labute approximate surface area is 264 Å². The lowest BCUT2D eigenvalue weighted by atomic mass is 9.43. The maximum Gasteiger partial charge on any atom is 0.338 e. The lowest BCUT2D eigenvalue weighted by Gasteiger charge is -2.68. The molecule has 6 aliphatic rings. The van der Waals surface area contributed by atoms with Gasteiger partial charge in [0.1, 0.15) is 17.8 Å². The molecule has 0 amide bonds. The molecule has 1 aromatic rings. The molecule has 0 aromatic heterocycles. The number of aliphatic hydroxyl groups excluding tert-OH is 1. The second-order valence-electron chi connectivity index (χ2n) is 13.9. The standard InChI is InChI=1S/C34H47NO10/c1-8-35-15-32(16-39-2)22(36)13-24(43-6)34-19-14-33(38)23(42-5)12-18(26(29(34)35)27(44-7)28(32)34)25(19)30(33)45-31(37)17-9-10-20(40-3)21(11-17)41-4/h9-12,19,22-30,36,38H,8,13-16H2,1-7H3/t19-,22?,23+,24+,25-,26+,27+,28-,29-,30-,32+,33-,34+/m1/s1. The molecular formula is C34H47NO10. The number of methoxy groups -OCH3 is 6. The zero-order valence-electron chi connectivity index (χ0n) is 27.2. The molecule has 1 unspecified atom stereocenters. The third-order valence-corrected chi connectivity index (χ3v) is 12.8. The number of carbonyl (C=O) groups is 1. The average Bonchev–Trinajstić information content (AvgIpc) is 3.39. The summed E-state index contributed by atoms with van der Waals surface area (Å²) in [5.41, 5.74) is -1.17. The molecule has 1 aromatic carbocycles. The van der Waals surface area contributed by atoms with E-state index >= 15 is 0 Å². The largest absolute Gasteiger partial charge is 0.493 e. The molecule has 1 heterocycles. The van der Waals surface area contributed by atoms with E-state index in [0.717, 1.165) is 12.1 Å². The molecule has 7 bridgehead atoms. The molecule has 2 N–H and O–H groups in total. The number of piperidine rings is 1. The Morgan fingerprint density at radius 1 is 1.02 bits per heavy atom. The highest BCUT2D eigenvalue weighted by Gasteiger charge is 2.85. The van der Waals surface area contributed by atoms with E-state index in [-0.39, 0.29) is 41.9 Å². The quantitative estimate of drug-likeness (QED) is 0.291. The van der Waals surface area contributed by atoms with E-state index in [1.54, 1.807) is 46.6 Å². The number of aliphatic hydroxyl groups is 2. The summed E-state index contributed by atoms with van der Waals surface area (Å²) in [7, 11) is 9.83. The van der Waals surface area contributed by atoms with Crippen molar-refractivity contribution in [2.24, 2.45) is 34.5 Å². The smallest absolute Gasteiger partial charge is 0.338 e. The number of carbonyl (C=O) groups excluding carboxylic acids is 1. The van der Waals surface area contributed by atoms with Gasteiger partial charge in [-0.3, -0.25) is 4.90 Å². The van der Waals surface area contributed by atoms with Crippen molar-refractivity contribution in [2.75, 3.05) is 62.4 Å². The second kappa shape index (κ2) is 10.9. The zero-order chi connectivity index (χ0) is 32.1. The predicted molar refractivity (Wildman–Crippen MR) is 161 cm³/mol. The molecule has 1 spiro atoms. The maximum atomic E-state index is 13.9. The Morgan fingerprint density at radius 2 is 1.78 bits per heavy atom. The SMILES string of the molecule is CCN1C[C@]2(COC)C(O)C[C@H](OC)[C@@]34[C@@H]5C[C@@]6(O)[C@@H](OC)C=C([C@H]5[C@H]6OC(=O)c5ccc(OC)c(OC)c5)[C@@H]([C@H](OC)[C@H]23)[C@@H]14. The first-order valence-electron chi connectivity index (χ1n) is 16.0. The van der Waals surface area contributed by atoms with E-state index in [1.165, 1.54) is 14.2 Å². The first-order chi connectivity index (χ1) is 21.7. The molecule has 11 heteroatoms. The van der Waals surface area contributed by atoms with Crippen LogP contribution in [0.2, 0.25) is 0 Å². The first kappa shape index (κ1) is 31.4. The van der Waals surface area contributed by atoms with Gasteiger partial charge in [0.05, 0.1) is 44.7 Å². The summed E-state index contributed by atoms with van der Waals surface area (Å²) in [5, 5.41) is 24.6. The van der Waals surface area contributed by atoms with E-state index in [1.807, 2.05) is 0 Å². The number of rotatable bonds is 10. The van der Waals surface area contributed by atoms with Crippen molar-refractivity contribution < 1.29 is 48.2 Å². The first-order valence-corrected chi connectivity index (χ1v) is 16.0. The number of ether oxygens (including phenoxy) is 7. The van der Waals surface area contributed by atoms with E-state index in [9.17, 15) is 15.0 Å². The highest BCUT2D eigenvalue weighted by molar-refractivity contribution is 5.90. The summed E-state index contributed by atoms with van der Waals surface area (Å²) in [4.78, 5) is 16.4. The highest BCUT2D eigenvalue weighted by atomic mass is 16.6. The van der Waals surface area contributed by atoms with Crippen LogP contribution in [0.4, 0.5) is 0 Å². The van der Waals surface area contributed by atoms with Crippen LogP contribution < -0.4 is 9.47 Å². The molecule has 7 rings (SSSR count). The Bertz CT molecular complexity index is 1370. The number of fused-ring (bicyclic) bond motifs is 2. The van der Waals surface area contributed by atoms with Crippen LogP contribution in [0.1, 0.15) is 30.1 Å². The number of hydrogen-bond acceptors (Lipinski definition) is 11. The molecule has 45 heavy (non-hydrogen) atoms. The van der Waals surface area contributed by atoms with Crippen molar-refractivity contribution in [3.63, 3.8) is 0 Å². The number of hydrogen-bond donors (Lipinski definition) is 2. The van der Waals surface area contributed by atoms with E-state index in [0.29, 0.717) is 43.1 Å². The van der Waals surface area contributed by atoms with Gasteiger partial charge in [0.25, 0.3) is 0 Å². The Kier molecular flexibility index (Phi) is 7.60.